The summed E-state index contributed by atoms with van der Waals surface area (Å²) in [5.41, 5.74) is 0.876. The maximum Gasteiger partial charge on any atom is 0.118 e. The van der Waals surface area contributed by atoms with Crippen LogP contribution in [-0.2, 0) is 6.42 Å². The molecular formula is C13H14O2. The van der Waals surface area contributed by atoms with Crippen molar-refractivity contribution in [3.8, 4) is 5.75 Å². The summed E-state index contributed by atoms with van der Waals surface area (Å²) < 4.78 is 0. The van der Waals surface area contributed by atoms with Gasteiger partial charge in [-0.25, -0.2) is 0 Å². The fourth-order valence-corrected chi connectivity index (χ4v) is 1.77. The zero-order valence-corrected chi connectivity index (χ0v) is 8.38. The van der Waals surface area contributed by atoms with Crippen molar-refractivity contribution in [3.63, 3.8) is 0 Å². The molecule has 1 aliphatic carbocycles. The number of rotatable bonds is 2. The molecule has 2 atom stereocenters. The average Bonchev–Trinajstić information content (AvgIpc) is 2.24. The van der Waals surface area contributed by atoms with E-state index in [9.17, 15) is 10.2 Å². The Bertz CT molecular complexity index is 393. The smallest absolute Gasteiger partial charge is 0.118 e. The highest BCUT2D eigenvalue weighted by molar-refractivity contribution is 5.33. The number of hydrogen-bond donors (Lipinski definition) is 2. The zero-order valence-electron chi connectivity index (χ0n) is 8.38. The van der Waals surface area contributed by atoms with E-state index in [-0.39, 0.29) is 5.92 Å². The lowest BCUT2D eigenvalue weighted by molar-refractivity contribution is 0.174. The van der Waals surface area contributed by atoms with Crippen LogP contribution in [0.25, 0.3) is 0 Å². The molecule has 78 valence electrons. The minimum atomic E-state index is -0.449. The molecule has 0 saturated carbocycles. The maximum absolute atomic E-state index is 9.70. The predicted octanol–water partition coefficient (Wildman–Crippen LogP) is 2.04. The largest absolute Gasteiger partial charge is 0.508 e. The minimum absolute atomic E-state index is 0.0586. The average molecular weight is 202 g/mol. The SMILES string of the molecule is Oc1ccccc1CC1C=CC=CC1O. The number of aliphatic hydroxyl groups is 1. The van der Waals surface area contributed by atoms with Gasteiger partial charge in [0.05, 0.1) is 6.10 Å². The van der Waals surface area contributed by atoms with Gasteiger partial charge in [-0.05, 0) is 18.1 Å². The lowest BCUT2D eigenvalue weighted by Crippen LogP contribution is -2.20. The van der Waals surface area contributed by atoms with Gasteiger partial charge in [0, 0.05) is 5.92 Å². The zero-order chi connectivity index (χ0) is 10.7. The lowest BCUT2D eigenvalue weighted by Gasteiger charge is -2.19. The van der Waals surface area contributed by atoms with Gasteiger partial charge in [-0.2, -0.15) is 0 Å². The predicted molar refractivity (Wildman–Crippen MR) is 59.6 cm³/mol. The van der Waals surface area contributed by atoms with Gasteiger partial charge in [0.2, 0.25) is 0 Å². The Morgan fingerprint density at radius 1 is 1.07 bits per heavy atom. The summed E-state index contributed by atoms with van der Waals surface area (Å²) in [6.07, 6.45) is 7.72. The molecule has 0 fully saturated rings. The number of benzene rings is 1. The van der Waals surface area contributed by atoms with Crippen molar-refractivity contribution in [1.82, 2.24) is 0 Å². The van der Waals surface area contributed by atoms with Gasteiger partial charge in [0.15, 0.2) is 0 Å². The second-order valence-electron chi connectivity index (χ2n) is 3.76. The normalized spacial score (nSPS) is 24.3. The van der Waals surface area contributed by atoms with Gasteiger partial charge in [-0.15, -0.1) is 0 Å². The molecule has 2 N–H and O–H groups in total. The van der Waals surface area contributed by atoms with Gasteiger partial charge in [-0.1, -0.05) is 42.5 Å². The highest BCUT2D eigenvalue weighted by Gasteiger charge is 2.17. The molecule has 0 aliphatic heterocycles. The lowest BCUT2D eigenvalue weighted by atomic mass is 9.90. The molecule has 1 aliphatic rings. The van der Waals surface area contributed by atoms with Crippen LogP contribution in [0.2, 0.25) is 0 Å². The topological polar surface area (TPSA) is 40.5 Å². The molecule has 2 heteroatoms. The molecule has 0 bridgehead atoms. The van der Waals surface area contributed by atoms with Gasteiger partial charge in [0.1, 0.15) is 5.75 Å². The number of allylic oxidation sites excluding steroid dienone is 2. The van der Waals surface area contributed by atoms with E-state index in [4.69, 9.17) is 0 Å². The Labute approximate surface area is 89.2 Å². The van der Waals surface area contributed by atoms with Crippen LogP contribution >= 0.6 is 0 Å². The van der Waals surface area contributed by atoms with Crippen molar-refractivity contribution in [2.24, 2.45) is 5.92 Å². The summed E-state index contributed by atoms with van der Waals surface area (Å²) in [6, 6.07) is 7.24. The fourth-order valence-electron chi connectivity index (χ4n) is 1.77. The van der Waals surface area contributed by atoms with E-state index in [1.807, 2.05) is 30.4 Å². The van der Waals surface area contributed by atoms with Crippen molar-refractivity contribution >= 4 is 0 Å². The van der Waals surface area contributed by atoms with E-state index in [0.717, 1.165) is 5.56 Å². The van der Waals surface area contributed by atoms with Crippen LogP contribution in [0.3, 0.4) is 0 Å². The van der Waals surface area contributed by atoms with E-state index in [0.29, 0.717) is 12.2 Å². The Morgan fingerprint density at radius 3 is 2.53 bits per heavy atom. The van der Waals surface area contributed by atoms with Gasteiger partial charge < -0.3 is 10.2 Å². The molecule has 0 amide bonds. The molecular weight excluding hydrogens is 188 g/mol. The second-order valence-corrected chi connectivity index (χ2v) is 3.76. The van der Waals surface area contributed by atoms with Crippen LogP contribution in [0.5, 0.6) is 5.75 Å². The fraction of sp³-hybridized carbons (Fsp3) is 0.231. The molecule has 2 nitrogen and oxygen atoms in total. The Morgan fingerprint density at radius 2 is 1.80 bits per heavy atom. The highest BCUT2D eigenvalue weighted by Crippen LogP contribution is 2.23. The first kappa shape index (κ1) is 9.99. The Balaban J connectivity index is 2.12. The Hall–Kier alpha value is -1.54. The summed E-state index contributed by atoms with van der Waals surface area (Å²) in [5.74, 6) is 0.357. The van der Waals surface area contributed by atoms with Crippen LogP contribution in [-0.4, -0.2) is 16.3 Å². The summed E-state index contributed by atoms with van der Waals surface area (Å²) in [4.78, 5) is 0. The first-order chi connectivity index (χ1) is 7.27. The summed E-state index contributed by atoms with van der Waals surface area (Å²) in [6.45, 7) is 0. The van der Waals surface area contributed by atoms with E-state index < -0.39 is 6.10 Å². The molecule has 0 saturated heterocycles. The Kier molecular flexibility index (Phi) is 2.88. The molecule has 1 aromatic rings. The number of aromatic hydroxyl groups is 1. The third-order valence-corrected chi connectivity index (χ3v) is 2.66. The van der Waals surface area contributed by atoms with E-state index in [1.54, 1.807) is 18.2 Å². The van der Waals surface area contributed by atoms with Crippen LogP contribution in [0.4, 0.5) is 0 Å². The van der Waals surface area contributed by atoms with Crippen molar-refractivity contribution in [2.75, 3.05) is 0 Å². The third-order valence-electron chi connectivity index (χ3n) is 2.66. The van der Waals surface area contributed by atoms with Crippen molar-refractivity contribution in [2.45, 2.75) is 12.5 Å². The summed E-state index contributed by atoms with van der Waals surface area (Å²) >= 11 is 0. The van der Waals surface area contributed by atoms with Crippen molar-refractivity contribution in [1.29, 1.82) is 0 Å². The molecule has 0 spiro atoms. The number of phenolic OH excluding ortho intramolecular Hbond substituents is 1. The monoisotopic (exact) mass is 202 g/mol. The number of para-hydroxylation sites is 1. The summed E-state index contributed by atoms with van der Waals surface area (Å²) in [5, 5.41) is 19.3. The van der Waals surface area contributed by atoms with Gasteiger partial charge in [0.25, 0.3) is 0 Å². The first-order valence-corrected chi connectivity index (χ1v) is 5.07. The third kappa shape index (κ3) is 2.28. The van der Waals surface area contributed by atoms with Crippen LogP contribution in [0.15, 0.2) is 48.6 Å². The van der Waals surface area contributed by atoms with Gasteiger partial charge in [-0.3, -0.25) is 0 Å². The quantitative estimate of drug-likeness (QED) is 0.770. The van der Waals surface area contributed by atoms with E-state index in [1.165, 1.54) is 0 Å². The van der Waals surface area contributed by atoms with Crippen LogP contribution in [0, 0.1) is 5.92 Å². The van der Waals surface area contributed by atoms with Crippen LogP contribution < -0.4 is 0 Å². The molecule has 2 rings (SSSR count). The van der Waals surface area contributed by atoms with E-state index in [2.05, 4.69) is 0 Å². The molecule has 2 unspecified atom stereocenters. The second kappa shape index (κ2) is 4.32. The van der Waals surface area contributed by atoms with Gasteiger partial charge >= 0.3 is 0 Å². The highest BCUT2D eigenvalue weighted by atomic mass is 16.3. The first-order valence-electron chi connectivity index (χ1n) is 5.07. The molecule has 0 heterocycles. The molecule has 15 heavy (non-hydrogen) atoms. The van der Waals surface area contributed by atoms with Crippen molar-refractivity contribution in [3.05, 3.63) is 54.1 Å². The summed E-state index contributed by atoms with van der Waals surface area (Å²) in [7, 11) is 0. The number of phenols is 1. The standard InChI is InChI=1S/C13H14O2/c14-12-7-3-1-5-10(12)9-11-6-2-4-8-13(11)15/h1-8,10,12,14-15H,9H2. The van der Waals surface area contributed by atoms with Crippen molar-refractivity contribution < 1.29 is 10.2 Å². The molecule has 0 aromatic heterocycles. The van der Waals surface area contributed by atoms with Crippen LogP contribution in [0.1, 0.15) is 5.56 Å². The number of aliphatic hydroxyl groups excluding tert-OH is 1. The minimum Gasteiger partial charge on any atom is -0.508 e. The molecule has 0 radical (unpaired) electrons. The maximum atomic E-state index is 9.70. The van der Waals surface area contributed by atoms with E-state index >= 15 is 0 Å². The molecule has 1 aromatic carbocycles. The number of hydrogen-bond acceptors (Lipinski definition) is 2.